The number of amides is 7. The summed E-state index contributed by atoms with van der Waals surface area (Å²) in [6, 6.07) is 4.11. The molecule has 0 aliphatic carbocycles. The molecule has 2 aromatic carbocycles. The zero-order valence-electron chi connectivity index (χ0n) is 40.3. The number of guanidine groups is 1. The first-order valence-electron chi connectivity index (χ1n) is 23.7. The Labute approximate surface area is 434 Å². The van der Waals surface area contributed by atoms with Crippen LogP contribution in [-0.2, 0) is 62.4 Å². The number of benzene rings is 2. The molecule has 3 heterocycles. The maximum atomic E-state index is 14.5. The maximum absolute atomic E-state index is 14.5. The maximum Gasteiger partial charge on any atom is 0.326 e. The minimum Gasteiger partial charge on any atom is -0.508 e. The molecule has 7 amide bonds. The van der Waals surface area contributed by atoms with E-state index in [2.05, 4.69) is 46.9 Å². The number of hydrogen-bond donors (Lipinski definition) is 13. The quantitative estimate of drug-likeness (QED) is 0.0289. The summed E-state index contributed by atoms with van der Waals surface area (Å²) in [5.41, 5.74) is 18.3. The minimum atomic E-state index is -1.50. The number of H-pyrrole nitrogens is 1. The van der Waals surface area contributed by atoms with Crippen LogP contribution < -0.4 is 49.1 Å². The normalized spacial score (nSPS) is 20.0. The van der Waals surface area contributed by atoms with Crippen molar-refractivity contribution < 1.29 is 58.5 Å². The van der Waals surface area contributed by atoms with Crippen LogP contribution in [0.1, 0.15) is 55.3 Å². The number of aromatic nitrogens is 2. The molecule has 2 saturated heterocycles. The number of aromatic hydroxyl groups is 1. The molecule has 0 radical (unpaired) electrons. The first-order chi connectivity index (χ1) is 35.4. The van der Waals surface area contributed by atoms with Crippen molar-refractivity contribution in [3.05, 3.63) is 83.9 Å². The van der Waals surface area contributed by atoms with E-state index in [-0.39, 0.29) is 81.3 Å². The first kappa shape index (κ1) is 57.5. The topological polar surface area (TPSA) is 409 Å². The van der Waals surface area contributed by atoms with E-state index in [1.54, 1.807) is 30.3 Å². The van der Waals surface area contributed by atoms with Crippen LogP contribution in [0.25, 0.3) is 0 Å². The van der Waals surface area contributed by atoms with E-state index in [4.69, 9.17) is 17.2 Å². The number of phenolic OH excluding ortho intramolecular Hbond substituents is 1. The molecule has 2 aliphatic rings. The van der Waals surface area contributed by atoms with Crippen LogP contribution in [-0.4, -0.2) is 167 Å². The Hall–Kier alpha value is -7.39. The van der Waals surface area contributed by atoms with E-state index in [1.807, 2.05) is 0 Å². The summed E-state index contributed by atoms with van der Waals surface area (Å²) < 4.78 is 0. The Morgan fingerprint density at radius 1 is 0.838 bits per heavy atom. The largest absolute Gasteiger partial charge is 0.508 e. The van der Waals surface area contributed by atoms with Crippen molar-refractivity contribution in [1.29, 1.82) is 0 Å². The van der Waals surface area contributed by atoms with Gasteiger partial charge in [0.15, 0.2) is 5.96 Å². The Kier molecular flexibility index (Phi) is 22.3. The second kappa shape index (κ2) is 28.7. The minimum absolute atomic E-state index is 0.00150. The van der Waals surface area contributed by atoms with E-state index >= 15 is 0 Å². The lowest BCUT2D eigenvalue weighted by Gasteiger charge is -2.30. The standard InChI is InChI=1S/C47H63N13O12S2/c48-30(21-38(62)63)39(64)54-31(8-4-15-52-47(49)50)40(65)59-36-23-74-25-73-17-14-32(55-42(67)33(56-43(36)68)18-27-10-12-29(61)13-11-27)41(66)57-34(20-28-22-51-24-53-28)45(70)60-16-5-9-37(60)44(69)58-35(46(71)72)19-26-6-2-1-3-7-26/h1-3,6-7,10-13,22,24,30-37,61H,4-5,8-9,14-21,23,25,48H2,(H,51,53)(H,54,64)(H,55,67)(H,56,68)(H,57,66)(H,58,69)(H,59,65)(H,62,63)(H,71,72)(H4,49,50,52)/t30-,31-,32+,33-,34-,35-,36-,37-/m0/s1. The van der Waals surface area contributed by atoms with Crippen LogP contribution in [0.15, 0.2) is 72.1 Å². The number of imidazole rings is 1. The Morgan fingerprint density at radius 2 is 1.57 bits per heavy atom. The Morgan fingerprint density at radius 3 is 2.24 bits per heavy atom. The van der Waals surface area contributed by atoms with Gasteiger partial charge in [0.05, 0.1) is 18.8 Å². The summed E-state index contributed by atoms with van der Waals surface area (Å²) in [5, 5.41) is 45.4. The first-order valence-corrected chi connectivity index (χ1v) is 26.0. The van der Waals surface area contributed by atoms with Gasteiger partial charge in [0.2, 0.25) is 41.4 Å². The van der Waals surface area contributed by atoms with E-state index in [1.165, 1.54) is 65.2 Å². The fraction of sp³-hybridized carbons (Fsp3) is 0.468. The number of aliphatic imine (C=N–C) groups is 1. The monoisotopic (exact) mass is 1070 g/mol. The molecule has 1 aromatic heterocycles. The second-order valence-electron chi connectivity index (χ2n) is 17.6. The second-order valence-corrected chi connectivity index (χ2v) is 20.1. The number of nitrogens with zero attached hydrogens (tertiary/aromatic N) is 3. The predicted molar refractivity (Wildman–Crippen MR) is 273 cm³/mol. The number of phenols is 1. The molecule has 25 nitrogen and oxygen atoms in total. The number of nitrogens with two attached hydrogens (primary N) is 3. The van der Waals surface area contributed by atoms with Gasteiger partial charge in [0, 0.05) is 55.1 Å². The smallest absolute Gasteiger partial charge is 0.326 e. The van der Waals surface area contributed by atoms with Crippen LogP contribution in [0.3, 0.4) is 0 Å². The van der Waals surface area contributed by atoms with Crippen LogP contribution in [0, 0.1) is 0 Å². The average Bonchev–Trinajstić information content (AvgIpc) is 4.08. The van der Waals surface area contributed by atoms with Gasteiger partial charge < -0.3 is 74.3 Å². The lowest BCUT2D eigenvalue weighted by molar-refractivity contribution is -0.145. The summed E-state index contributed by atoms with van der Waals surface area (Å²) >= 11 is 2.62. The molecule has 3 aromatic rings. The van der Waals surface area contributed by atoms with Gasteiger partial charge in [-0.15, -0.1) is 11.8 Å². The Bertz CT molecular complexity index is 2450. The molecule has 0 bridgehead atoms. The molecular formula is C47H63N13O12S2. The molecule has 16 N–H and O–H groups in total. The average molecular weight is 1070 g/mol. The van der Waals surface area contributed by atoms with E-state index in [0.29, 0.717) is 28.3 Å². The molecule has 0 unspecified atom stereocenters. The number of nitrogens with one attached hydrogen (secondary N) is 7. The van der Waals surface area contributed by atoms with Gasteiger partial charge >= 0.3 is 11.9 Å². The fourth-order valence-electron chi connectivity index (χ4n) is 8.07. The van der Waals surface area contributed by atoms with Gasteiger partial charge in [-0.2, -0.15) is 11.8 Å². The van der Waals surface area contributed by atoms with Crippen molar-refractivity contribution in [2.45, 2.75) is 106 Å². The summed E-state index contributed by atoms with van der Waals surface area (Å²) in [6.45, 7) is 0.200. The van der Waals surface area contributed by atoms with Crippen molar-refractivity contribution in [3.8, 4) is 5.75 Å². The van der Waals surface area contributed by atoms with E-state index in [9.17, 15) is 58.5 Å². The van der Waals surface area contributed by atoms with E-state index < -0.39 is 108 Å². The SMILES string of the molecule is NC(N)=NCCC[C@H](NC(=O)[C@@H](N)CC(=O)O)C(=O)N[C@H]1CSCSCC[C@H](C(=O)N[C@@H](Cc2cnc[nH]2)C(=O)N2CCC[C@H]2C(=O)N[C@@H](Cc2ccccc2)C(=O)O)NC(=O)[C@H](Cc2ccc(O)cc2)NC1=O. The van der Waals surface area contributed by atoms with Gasteiger partial charge in [-0.1, -0.05) is 42.5 Å². The summed E-state index contributed by atoms with van der Waals surface area (Å²) in [6.07, 6.45) is 2.69. The third-order valence-electron chi connectivity index (χ3n) is 11.9. The fourth-order valence-corrected chi connectivity index (χ4v) is 10.3. The van der Waals surface area contributed by atoms with Crippen molar-refractivity contribution in [3.63, 3.8) is 0 Å². The van der Waals surface area contributed by atoms with Gasteiger partial charge in [0.1, 0.15) is 48.0 Å². The zero-order valence-corrected chi connectivity index (χ0v) is 41.9. The van der Waals surface area contributed by atoms with Crippen molar-refractivity contribution in [2.24, 2.45) is 22.2 Å². The third-order valence-corrected chi connectivity index (χ3v) is 14.3. The molecule has 2 fully saturated rings. The highest BCUT2D eigenvalue weighted by Gasteiger charge is 2.40. The van der Waals surface area contributed by atoms with Gasteiger partial charge in [-0.25, -0.2) is 9.78 Å². The van der Waals surface area contributed by atoms with Crippen LogP contribution >= 0.6 is 23.5 Å². The number of carboxylic acid groups (broad SMARTS) is 2. The summed E-state index contributed by atoms with van der Waals surface area (Å²) in [4.78, 5) is 134. The lowest BCUT2D eigenvalue weighted by Crippen LogP contribution is -2.61. The number of aromatic amines is 1. The summed E-state index contributed by atoms with van der Waals surface area (Å²) in [5.74, 6) is -8.07. The van der Waals surface area contributed by atoms with Crippen molar-refractivity contribution in [2.75, 3.05) is 29.7 Å². The Balaban J connectivity index is 1.36. The molecule has 27 heteroatoms. The number of likely N-dealkylation sites (tertiary alicyclic amines) is 1. The lowest BCUT2D eigenvalue weighted by atomic mass is 10.0. The number of hydrogen-bond acceptors (Lipinski definition) is 15. The van der Waals surface area contributed by atoms with Crippen LogP contribution in [0.4, 0.5) is 0 Å². The molecule has 0 spiro atoms. The van der Waals surface area contributed by atoms with Gasteiger partial charge in [0.25, 0.3) is 0 Å². The predicted octanol–water partition coefficient (Wildman–Crippen LogP) is -2.19. The molecule has 8 atom stereocenters. The molecule has 5 rings (SSSR count). The molecular weight excluding hydrogens is 1000 g/mol. The number of rotatable bonds is 22. The van der Waals surface area contributed by atoms with Crippen molar-refractivity contribution in [1.82, 2.24) is 46.8 Å². The molecule has 400 valence electrons. The number of carboxylic acids is 2. The molecule has 74 heavy (non-hydrogen) atoms. The van der Waals surface area contributed by atoms with Gasteiger partial charge in [-0.05, 0) is 61.1 Å². The third kappa shape index (κ3) is 18.3. The molecule has 2 aliphatic heterocycles. The number of carbonyl (C=O) groups is 9. The number of aliphatic carboxylic acids is 2. The highest BCUT2D eigenvalue weighted by molar-refractivity contribution is 8.16. The number of carbonyl (C=O) groups excluding carboxylic acids is 7. The molecule has 0 saturated carbocycles. The van der Waals surface area contributed by atoms with Crippen LogP contribution in [0.2, 0.25) is 0 Å². The highest BCUT2D eigenvalue weighted by atomic mass is 32.2. The van der Waals surface area contributed by atoms with Gasteiger partial charge in [-0.3, -0.25) is 43.3 Å². The van der Waals surface area contributed by atoms with Crippen LogP contribution in [0.5, 0.6) is 5.75 Å². The zero-order chi connectivity index (χ0) is 53.7. The highest BCUT2D eigenvalue weighted by Crippen LogP contribution is 2.22. The number of thioether (sulfide) groups is 2. The summed E-state index contributed by atoms with van der Waals surface area (Å²) in [7, 11) is 0. The van der Waals surface area contributed by atoms with E-state index in [0.717, 1.165) is 0 Å². The van der Waals surface area contributed by atoms with Crippen molar-refractivity contribution >= 4 is 82.8 Å².